The average Bonchev–Trinajstić information content (AvgIpc) is 3.41. The minimum Gasteiger partial charge on any atom is -0.497 e. The fourth-order valence-electron chi connectivity index (χ4n) is 4.35. The van der Waals surface area contributed by atoms with Crippen LogP contribution in [0.25, 0.3) is 33.4 Å². The molecule has 7 heteroatoms. The van der Waals surface area contributed by atoms with Gasteiger partial charge in [0.15, 0.2) is 5.49 Å². The number of ether oxygens (including phenoxy) is 1. The smallest absolute Gasteiger partial charge is 0.181 e. The summed E-state index contributed by atoms with van der Waals surface area (Å²) in [6, 6.07) is 32.2. The average molecular weight is 544 g/mol. The molecule has 0 saturated carbocycles. The van der Waals surface area contributed by atoms with Gasteiger partial charge in [-0.1, -0.05) is 63.9 Å². The summed E-state index contributed by atoms with van der Waals surface area (Å²) in [6.07, 6.45) is 0. The highest BCUT2D eigenvalue weighted by molar-refractivity contribution is 9.10. The van der Waals surface area contributed by atoms with Gasteiger partial charge in [0, 0.05) is 15.1 Å². The van der Waals surface area contributed by atoms with Crippen molar-refractivity contribution in [2.45, 2.75) is 0 Å². The highest BCUT2D eigenvalue weighted by Crippen LogP contribution is 2.33. The van der Waals surface area contributed by atoms with Crippen molar-refractivity contribution in [3.05, 3.63) is 112 Å². The number of fused-ring (bicyclic) bond motifs is 3. The molecule has 6 rings (SSSR count). The standard InChI is InChI=1S/C28H20BrClN4O/c1-35-23-16-14-22(15-17-23)31-28-26(18-6-10-20(29)11-7-18)27(19-8-12-21(30)13-9-19)33-25-5-3-2-4-24(25)32-34(28)33/h2-17,32H,1H3. The number of halogens is 2. The Morgan fingerprint density at radius 2 is 1.51 bits per heavy atom. The van der Waals surface area contributed by atoms with Crippen molar-refractivity contribution in [1.82, 2.24) is 14.2 Å². The van der Waals surface area contributed by atoms with Crippen molar-refractivity contribution in [3.8, 4) is 28.1 Å². The first-order valence-electron chi connectivity index (χ1n) is 11.1. The number of hydrogen-bond acceptors (Lipinski definition) is 2. The Labute approximate surface area is 215 Å². The quantitative estimate of drug-likeness (QED) is 0.246. The van der Waals surface area contributed by atoms with Gasteiger partial charge in [-0.05, 0) is 66.2 Å². The normalized spacial score (nSPS) is 12.0. The number of para-hydroxylation sites is 2. The van der Waals surface area contributed by atoms with Gasteiger partial charge in [-0.25, -0.2) is 9.51 Å². The molecule has 0 unspecified atom stereocenters. The first-order chi connectivity index (χ1) is 17.1. The van der Waals surface area contributed by atoms with E-state index < -0.39 is 0 Å². The number of nitrogens with zero attached hydrogens (tertiary/aromatic N) is 3. The zero-order valence-electron chi connectivity index (χ0n) is 18.7. The van der Waals surface area contributed by atoms with E-state index >= 15 is 0 Å². The SMILES string of the molecule is COc1ccc(N=c2c(-c3ccc(Br)cc3)c(-c3ccc(Cl)cc3)n3c4ccccc4[nH]n23)cc1. The minimum atomic E-state index is 0.696. The van der Waals surface area contributed by atoms with Gasteiger partial charge < -0.3 is 4.74 Å². The van der Waals surface area contributed by atoms with E-state index in [-0.39, 0.29) is 0 Å². The molecule has 1 N–H and O–H groups in total. The van der Waals surface area contributed by atoms with Crippen LogP contribution in [0.1, 0.15) is 0 Å². The molecule has 2 heterocycles. The molecule has 0 fully saturated rings. The van der Waals surface area contributed by atoms with Crippen LogP contribution in [0.3, 0.4) is 0 Å². The highest BCUT2D eigenvalue weighted by Gasteiger charge is 2.21. The molecule has 172 valence electrons. The summed E-state index contributed by atoms with van der Waals surface area (Å²) in [5.74, 6) is 0.791. The Bertz CT molecular complexity index is 1730. The lowest BCUT2D eigenvalue weighted by molar-refractivity contribution is 0.415. The molecule has 0 radical (unpaired) electrons. The maximum Gasteiger partial charge on any atom is 0.181 e. The van der Waals surface area contributed by atoms with Crippen molar-refractivity contribution in [3.63, 3.8) is 0 Å². The van der Waals surface area contributed by atoms with Gasteiger partial charge >= 0.3 is 0 Å². The molecule has 0 saturated heterocycles. The van der Waals surface area contributed by atoms with E-state index in [4.69, 9.17) is 21.3 Å². The van der Waals surface area contributed by atoms with Gasteiger partial charge in [0.05, 0.1) is 35.1 Å². The molecule has 0 aliphatic rings. The first-order valence-corrected chi connectivity index (χ1v) is 12.2. The zero-order valence-corrected chi connectivity index (χ0v) is 21.1. The van der Waals surface area contributed by atoms with E-state index in [1.807, 2.05) is 77.4 Å². The molecule has 6 aromatic rings. The molecule has 35 heavy (non-hydrogen) atoms. The molecular weight excluding hydrogens is 524 g/mol. The molecule has 0 aliphatic heterocycles. The van der Waals surface area contributed by atoms with E-state index in [0.717, 1.165) is 54.8 Å². The number of rotatable bonds is 4. The minimum absolute atomic E-state index is 0.696. The Hall–Kier alpha value is -3.74. The van der Waals surface area contributed by atoms with Gasteiger partial charge in [-0.15, -0.1) is 0 Å². The number of benzene rings is 4. The lowest BCUT2D eigenvalue weighted by Gasteiger charge is -2.07. The van der Waals surface area contributed by atoms with Crippen LogP contribution in [0.5, 0.6) is 5.75 Å². The maximum absolute atomic E-state index is 6.25. The second-order valence-corrected chi connectivity index (χ2v) is 9.48. The van der Waals surface area contributed by atoms with Crippen molar-refractivity contribution in [2.75, 3.05) is 7.11 Å². The lowest BCUT2D eigenvalue weighted by atomic mass is 10.0. The Kier molecular flexibility index (Phi) is 5.47. The number of aromatic amines is 1. The van der Waals surface area contributed by atoms with Crippen LogP contribution >= 0.6 is 27.5 Å². The van der Waals surface area contributed by atoms with E-state index in [1.165, 1.54) is 0 Å². The fraction of sp³-hybridized carbons (Fsp3) is 0.0357. The van der Waals surface area contributed by atoms with E-state index in [0.29, 0.717) is 5.02 Å². The van der Waals surface area contributed by atoms with E-state index in [9.17, 15) is 0 Å². The number of H-pyrrole nitrogens is 1. The summed E-state index contributed by atoms with van der Waals surface area (Å²) < 4.78 is 10.5. The Balaban J connectivity index is 1.78. The van der Waals surface area contributed by atoms with Gasteiger partial charge in [0.25, 0.3) is 0 Å². The molecule has 0 aliphatic carbocycles. The van der Waals surface area contributed by atoms with Crippen molar-refractivity contribution in [2.24, 2.45) is 4.99 Å². The van der Waals surface area contributed by atoms with E-state index in [2.05, 4.69) is 49.8 Å². The van der Waals surface area contributed by atoms with Crippen LogP contribution in [0, 0.1) is 0 Å². The second kappa shape index (κ2) is 8.80. The first kappa shape index (κ1) is 21.8. The van der Waals surface area contributed by atoms with Crippen LogP contribution in [0.2, 0.25) is 5.02 Å². The third-order valence-electron chi connectivity index (χ3n) is 5.99. The largest absolute Gasteiger partial charge is 0.497 e. The van der Waals surface area contributed by atoms with Crippen LogP contribution < -0.4 is 10.2 Å². The lowest BCUT2D eigenvalue weighted by Crippen LogP contribution is -2.14. The zero-order chi connectivity index (χ0) is 23.9. The molecule has 0 bridgehead atoms. The van der Waals surface area contributed by atoms with Crippen LogP contribution in [-0.4, -0.2) is 21.4 Å². The Morgan fingerprint density at radius 1 is 0.829 bits per heavy atom. The van der Waals surface area contributed by atoms with Crippen LogP contribution in [0.4, 0.5) is 5.69 Å². The molecule has 2 aromatic heterocycles. The van der Waals surface area contributed by atoms with Crippen LogP contribution in [-0.2, 0) is 0 Å². The monoisotopic (exact) mass is 542 g/mol. The summed E-state index contributed by atoms with van der Waals surface area (Å²) in [5, 5.41) is 4.23. The second-order valence-electron chi connectivity index (χ2n) is 8.12. The highest BCUT2D eigenvalue weighted by atomic mass is 79.9. The predicted octanol–water partition coefficient (Wildman–Crippen LogP) is 7.51. The van der Waals surface area contributed by atoms with Gasteiger partial charge in [0.1, 0.15) is 5.75 Å². The molecule has 5 nitrogen and oxygen atoms in total. The third-order valence-corrected chi connectivity index (χ3v) is 6.77. The fourth-order valence-corrected chi connectivity index (χ4v) is 4.74. The molecule has 0 amide bonds. The molecule has 0 spiro atoms. The number of methoxy groups -OCH3 is 1. The number of nitrogens with one attached hydrogen (secondary N) is 1. The predicted molar refractivity (Wildman–Crippen MR) is 145 cm³/mol. The summed E-state index contributed by atoms with van der Waals surface area (Å²) in [5.41, 5.74) is 7.80. The van der Waals surface area contributed by atoms with E-state index in [1.54, 1.807) is 7.11 Å². The van der Waals surface area contributed by atoms with Gasteiger partial charge in [-0.3, -0.25) is 5.10 Å². The Morgan fingerprint density at radius 3 is 2.23 bits per heavy atom. The summed E-state index contributed by atoms with van der Waals surface area (Å²) >= 11 is 9.82. The summed E-state index contributed by atoms with van der Waals surface area (Å²) in [6.45, 7) is 0. The molecule has 0 atom stereocenters. The van der Waals surface area contributed by atoms with Gasteiger partial charge in [0.2, 0.25) is 0 Å². The third kappa shape index (κ3) is 3.85. The summed E-state index contributed by atoms with van der Waals surface area (Å²) in [7, 11) is 1.66. The number of aromatic nitrogens is 3. The van der Waals surface area contributed by atoms with Crippen molar-refractivity contribution < 1.29 is 4.74 Å². The van der Waals surface area contributed by atoms with Crippen molar-refractivity contribution in [1.29, 1.82) is 0 Å². The summed E-state index contributed by atoms with van der Waals surface area (Å²) in [4.78, 5) is 5.12. The van der Waals surface area contributed by atoms with Crippen molar-refractivity contribution >= 4 is 44.3 Å². The van der Waals surface area contributed by atoms with Crippen LogP contribution in [0.15, 0.2) is 107 Å². The number of hydrogen-bond donors (Lipinski definition) is 1. The molecular formula is C28H20BrClN4O. The van der Waals surface area contributed by atoms with Gasteiger partial charge in [-0.2, -0.15) is 4.63 Å². The molecule has 4 aromatic carbocycles. The topological polar surface area (TPSA) is 46.2 Å². The maximum atomic E-state index is 6.25.